The van der Waals surface area contributed by atoms with E-state index >= 15 is 0 Å². The molecule has 1 aromatic heterocycles. The van der Waals surface area contributed by atoms with Crippen molar-refractivity contribution in [2.45, 2.75) is 58.2 Å². The van der Waals surface area contributed by atoms with Crippen molar-refractivity contribution >= 4 is 22.6 Å². The van der Waals surface area contributed by atoms with E-state index in [2.05, 4.69) is 5.32 Å². The monoisotopic (exact) mass is 454 g/mol. The summed E-state index contributed by atoms with van der Waals surface area (Å²) in [6.07, 6.45) is 3.19. The Morgan fingerprint density at radius 1 is 1.15 bits per heavy atom. The zero-order valence-electron chi connectivity index (χ0n) is 19.1. The van der Waals surface area contributed by atoms with Crippen LogP contribution in [0.25, 0.3) is 10.9 Å². The molecule has 0 bridgehead atoms. The molecule has 1 fully saturated rings. The Labute approximate surface area is 191 Å². The van der Waals surface area contributed by atoms with Crippen LogP contribution in [-0.2, 0) is 11.3 Å². The first-order valence-corrected chi connectivity index (χ1v) is 11.2. The Hall–Kier alpha value is -3.06. The minimum absolute atomic E-state index is 0.0594. The van der Waals surface area contributed by atoms with Gasteiger partial charge in [-0.2, -0.15) is 0 Å². The number of amides is 1. The van der Waals surface area contributed by atoms with Gasteiger partial charge in [0, 0.05) is 37.2 Å². The summed E-state index contributed by atoms with van der Waals surface area (Å²) in [5.41, 5.74) is 1.13. The maximum atomic E-state index is 14.8. The van der Waals surface area contributed by atoms with E-state index in [-0.39, 0.29) is 52.8 Å². The fraction of sp³-hybridized carbons (Fsp3) is 0.385. The normalized spacial score (nSPS) is 17.8. The number of Topliss-reactive ketones (excluding diaryl/α,β-unsaturated/α-hetero) is 1. The molecule has 2 aromatic carbocycles. The quantitative estimate of drug-likeness (QED) is 0.518. The minimum Gasteiger partial charge on any atom is -0.375 e. The third-order valence-corrected chi connectivity index (χ3v) is 6.14. The predicted molar refractivity (Wildman–Crippen MR) is 123 cm³/mol. The van der Waals surface area contributed by atoms with Crippen LogP contribution in [0, 0.1) is 11.6 Å². The Morgan fingerprint density at radius 3 is 2.64 bits per heavy atom. The van der Waals surface area contributed by atoms with E-state index in [4.69, 9.17) is 4.74 Å². The Morgan fingerprint density at radius 2 is 1.94 bits per heavy atom. The average molecular weight is 455 g/mol. The zero-order chi connectivity index (χ0) is 23.8. The van der Waals surface area contributed by atoms with Crippen LogP contribution in [0.15, 0.2) is 42.6 Å². The second-order valence-corrected chi connectivity index (χ2v) is 9.17. The summed E-state index contributed by atoms with van der Waals surface area (Å²) in [6.45, 7) is 6.43. The number of benzene rings is 2. The van der Waals surface area contributed by atoms with E-state index in [0.29, 0.717) is 30.5 Å². The average Bonchev–Trinajstić information content (AvgIpc) is 3.12. The third-order valence-electron chi connectivity index (χ3n) is 6.14. The van der Waals surface area contributed by atoms with Gasteiger partial charge < -0.3 is 14.6 Å². The summed E-state index contributed by atoms with van der Waals surface area (Å²) >= 11 is 0. The first-order chi connectivity index (χ1) is 15.7. The highest BCUT2D eigenvalue weighted by molar-refractivity contribution is 6.07. The van der Waals surface area contributed by atoms with E-state index in [1.807, 2.05) is 13.8 Å². The van der Waals surface area contributed by atoms with Crippen LogP contribution in [0.5, 0.6) is 0 Å². The number of ketones is 1. The Kier molecular flexibility index (Phi) is 6.34. The summed E-state index contributed by atoms with van der Waals surface area (Å²) < 4.78 is 36.7. The van der Waals surface area contributed by atoms with E-state index in [1.54, 1.807) is 35.9 Å². The van der Waals surface area contributed by atoms with Crippen LogP contribution in [0.4, 0.5) is 8.78 Å². The number of fused-ring (bicyclic) bond motifs is 1. The van der Waals surface area contributed by atoms with Gasteiger partial charge in [-0.05, 0) is 56.5 Å². The van der Waals surface area contributed by atoms with Crippen LogP contribution in [0.3, 0.4) is 0 Å². The molecule has 7 heteroatoms. The lowest BCUT2D eigenvalue weighted by atomic mass is 9.93. The van der Waals surface area contributed by atoms with Crippen LogP contribution in [-0.4, -0.2) is 34.5 Å². The van der Waals surface area contributed by atoms with Gasteiger partial charge >= 0.3 is 0 Å². The molecule has 1 aliphatic heterocycles. The maximum absolute atomic E-state index is 14.8. The van der Waals surface area contributed by atoms with Gasteiger partial charge in [0.25, 0.3) is 5.91 Å². The van der Waals surface area contributed by atoms with E-state index in [0.717, 1.165) is 0 Å². The van der Waals surface area contributed by atoms with Gasteiger partial charge in [-0.1, -0.05) is 19.1 Å². The smallest absolute Gasteiger partial charge is 0.253 e. The summed E-state index contributed by atoms with van der Waals surface area (Å²) in [4.78, 5) is 25.0. The highest BCUT2D eigenvalue weighted by Gasteiger charge is 2.30. The first-order valence-electron chi connectivity index (χ1n) is 11.2. The highest BCUT2D eigenvalue weighted by atomic mass is 19.1. The lowest BCUT2D eigenvalue weighted by molar-refractivity contribution is -0.0615. The molecule has 0 spiro atoms. The molecule has 0 saturated carbocycles. The van der Waals surface area contributed by atoms with Crippen molar-refractivity contribution in [3.05, 3.63) is 70.9 Å². The van der Waals surface area contributed by atoms with Crippen LogP contribution < -0.4 is 5.32 Å². The van der Waals surface area contributed by atoms with Crippen LogP contribution in [0.1, 0.15) is 66.3 Å². The van der Waals surface area contributed by atoms with Gasteiger partial charge in [-0.25, -0.2) is 8.78 Å². The van der Waals surface area contributed by atoms with Crippen molar-refractivity contribution in [2.24, 2.45) is 0 Å². The fourth-order valence-electron chi connectivity index (χ4n) is 4.50. The number of nitrogens with zero attached hydrogens (tertiary/aromatic N) is 1. The molecule has 174 valence electrons. The number of halogens is 2. The van der Waals surface area contributed by atoms with Crippen molar-refractivity contribution in [1.82, 2.24) is 9.88 Å². The molecule has 4 rings (SSSR count). The number of carbonyl (C=O) groups is 2. The molecule has 1 amide bonds. The standard InChI is InChI=1S/C26H28F2N2O3/c1-4-23(31)18-9-8-16(12-21(18)28)14-30-15-19(24-20(27)6-5-7-22(24)30)25(32)29-17-10-11-33-26(2,3)13-17/h5-9,12,15,17H,4,10-11,13-14H2,1-3H3,(H,29,32). The second kappa shape index (κ2) is 9.06. The van der Waals surface area contributed by atoms with Crippen LogP contribution in [0.2, 0.25) is 0 Å². The number of hydrogen-bond donors (Lipinski definition) is 1. The number of aromatic nitrogens is 1. The molecule has 0 radical (unpaired) electrons. The number of hydrogen-bond acceptors (Lipinski definition) is 3. The molecule has 2 heterocycles. The number of nitrogens with one attached hydrogen (secondary N) is 1. The van der Waals surface area contributed by atoms with E-state index < -0.39 is 11.6 Å². The van der Waals surface area contributed by atoms with Gasteiger partial charge in [0.15, 0.2) is 5.78 Å². The summed E-state index contributed by atoms with van der Waals surface area (Å²) in [5.74, 6) is -1.68. The van der Waals surface area contributed by atoms with Gasteiger partial charge in [0.05, 0.1) is 22.2 Å². The molecule has 1 atom stereocenters. The molecule has 1 aliphatic rings. The third kappa shape index (κ3) is 4.83. The Bertz CT molecular complexity index is 1220. The van der Waals surface area contributed by atoms with Gasteiger partial charge in [-0.15, -0.1) is 0 Å². The largest absolute Gasteiger partial charge is 0.375 e. The lowest BCUT2D eigenvalue weighted by Gasteiger charge is -2.35. The van der Waals surface area contributed by atoms with Crippen molar-refractivity contribution < 1.29 is 23.1 Å². The molecule has 1 saturated heterocycles. The van der Waals surface area contributed by atoms with Crippen LogP contribution >= 0.6 is 0 Å². The molecular formula is C26H28F2N2O3. The fourth-order valence-corrected chi connectivity index (χ4v) is 4.50. The van der Waals surface area contributed by atoms with Crippen molar-refractivity contribution in [2.75, 3.05) is 6.61 Å². The van der Waals surface area contributed by atoms with Gasteiger partial charge in [0.1, 0.15) is 11.6 Å². The maximum Gasteiger partial charge on any atom is 0.253 e. The minimum atomic E-state index is -0.581. The summed E-state index contributed by atoms with van der Waals surface area (Å²) in [7, 11) is 0. The van der Waals surface area contributed by atoms with Crippen molar-refractivity contribution in [3.8, 4) is 0 Å². The molecule has 33 heavy (non-hydrogen) atoms. The number of rotatable bonds is 6. The van der Waals surface area contributed by atoms with E-state index in [9.17, 15) is 18.4 Å². The highest BCUT2D eigenvalue weighted by Crippen LogP contribution is 2.28. The summed E-state index contributed by atoms with van der Waals surface area (Å²) in [6, 6.07) is 9.05. The lowest BCUT2D eigenvalue weighted by Crippen LogP contribution is -2.45. The van der Waals surface area contributed by atoms with Gasteiger partial charge in [-0.3, -0.25) is 9.59 Å². The Balaban J connectivity index is 1.64. The SMILES string of the molecule is CCC(=O)c1ccc(Cn2cc(C(=O)NC3CCOC(C)(C)C3)c3c(F)cccc32)cc1F. The predicted octanol–water partition coefficient (Wildman–Crippen LogP) is 5.25. The molecule has 1 N–H and O–H groups in total. The van der Waals surface area contributed by atoms with Gasteiger partial charge in [0.2, 0.25) is 0 Å². The second-order valence-electron chi connectivity index (χ2n) is 9.17. The van der Waals surface area contributed by atoms with Crippen molar-refractivity contribution in [3.63, 3.8) is 0 Å². The molecule has 3 aromatic rings. The van der Waals surface area contributed by atoms with Crippen molar-refractivity contribution in [1.29, 1.82) is 0 Å². The molecular weight excluding hydrogens is 426 g/mol. The summed E-state index contributed by atoms with van der Waals surface area (Å²) in [5, 5.41) is 3.26. The zero-order valence-corrected chi connectivity index (χ0v) is 19.1. The molecule has 5 nitrogen and oxygen atoms in total. The number of carbonyl (C=O) groups excluding carboxylic acids is 2. The number of ether oxygens (including phenoxy) is 1. The molecule has 0 aliphatic carbocycles. The topological polar surface area (TPSA) is 60.3 Å². The molecule has 1 unspecified atom stereocenters. The first kappa shape index (κ1) is 23.1. The van der Waals surface area contributed by atoms with E-state index in [1.165, 1.54) is 18.2 Å².